The van der Waals surface area contributed by atoms with Crippen LogP contribution >= 0.6 is 0 Å². The van der Waals surface area contributed by atoms with Crippen LogP contribution in [-0.4, -0.2) is 53.0 Å². The zero-order chi connectivity index (χ0) is 14.7. The van der Waals surface area contributed by atoms with Crippen molar-refractivity contribution >= 4 is 11.9 Å². The van der Waals surface area contributed by atoms with Crippen LogP contribution in [0.5, 0.6) is 0 Å². The molecule has 2 rings (SSSR count). The number of nitrogens with one attached hydrogen (secondary N) is 1. The number of aryl methyl sites for hydroxylation is 1. The SMILES string of the molecule is Cc1nc(C(=O)NCC2CCCN2C)ccc1C(=O)O. The highest BCUT2D eigenvalue weighted by atomic mass is 16.4. The van der Waals surface area contributed by atoms with Crippen LogP contribution < -0.4 is 5.32 Å². The summed E-state index contributed by atoms with van der Waals surface area (Å²) in [5, 5.41) is 11.8. The third kappa shape index (κ3) is 3.14. The lowest BCUT2D eigenvalue weighted by atomic mass is 10.2. The number of carbonyl (C=O) groups excluding carboxylic acids is 1. The highest BCUT2D eigenvalue weighted by molar-refractivity contribution is 5.94. The Bertz CT molecular complexity index is 530. The number of carboxylic acid groups (broad SMARTS) is 1. The number of carboxylic acids is 1. The van der Waals surface area contributed by atoms with Gasteiger partial charge in [-0.1, -0.05) is 0 Å². The van der Waals surface area contributed by atoms with Gasteiger partial charge < -0.3 is 15.3 Å². The van der Waals surface area contributed by atoms with Crippen molar-refractivity contribution < 1.29 is 14.7 Å². The van der Waals surface area contributed by atoms with Gasteiger partial charge >= 0.3 is 5.97 Å². The number of nitrogens with zero attached hydrogens (tertiary/aromatic N) is 2. The van der Waals surface area contributed by atoms with Crippen LogP contribution in [0, 0.1) is 6.92 Å². The summed E-state index contributed by atoms with van der Waals surface area (Å²) in [5.41, 5.74) is 0.730. The van der Waals surface area contributed by atoms with Gasteiger partial charge in [-0.25, -0.2) is 9.78 Å². The molecular weight excluding hydrogens is 258 g/mol. The summed E-state index contributed by atoms with van der Waals surface area (Å²) in [7, 11) is 2.05. The van der Waals surface area contributed by atoms with Crippen molar-refractivity contribution in [3.63, 3.8) is 0 Å². The summed E-state index contributed by atoms with van der Waals surface area (Å²) in [4.78, 5) is 29.2. The van der Waals surface area contributed by atoms with E-state index in [1.54, 1.807) is 6.92 Å². The monoisotopic (exact) mass is 277 g/mol. The molecule has 1 aromatic rings. The summed E-state index contributed by atoms with van der Waals surface area (Å²) in [6.07, 6.45) is 2.24. The number of aromatic nitrogens is 1. The van der Waals surface area contributed by atoms with Crippen LogP contribution in [0.3, 0.4) is 0 Å². The van der Waals surface area contributed by atoms with E-state index < -0.39 is 5.97 Å². The first-order valence-electron chi connectivity index (χ1n) is 6.68. The Hall–Kier alpha value is -1.95. The molecule has 0 aromatic carbocycles. The maximum absolute atomic E-state index is 12.0. The summed E-state index contributed by atoms with van der Waals surface area (Å²) in [6.45, 7) is 3.24. The Morgan fingerprint density at radius 3 is 2.80 bits per heavy atom. The standard InChI is InChI=1S/C14H19N3O3/c1-9-11(14(19)20)5-6-12(16-9)13(18)15-8-10-4-3-7-17(10)2/h5-6,10H,3-4,7-8H2,1-2H3,(H,15,18)(H,19,20). The number of likely N-dealkylation sites (tertiary alicyclic amines) is 1. The minimum absolute atomic E-state index is 0.122. The minimum Gasteiger partial charge on any atom is -0.478 e. The van der Waals surface area contributed by atoms with Crippen molar-refractivity contribution in [1.82, 2.24) is 15.2 Å². The van der Waals surface area contributed by atoms with Crippen molar-refractivity contribution in [3.05, 3.63) is 29.1 Å². The number of hydrogen-bond acceptors (Lipinski definition) is 4. The highest BCUT2D eigenvalue weighted by Gasteiger charge is 2.21. The second-order valence-electron chi connectivity index (χ2n) is 5.12. The van der Waals surface area contributed by atoms with Gasteiger partial charge in [0.1, 0.15) is 5.69 Å². The Labute approximate surface area is 117 Å². The van der Waals surface area contributed by atoms with Gasteiger partial charge in [0.25, 0.3) is 5.91 Å². The van der Waals surface area contributed by atoms with Crippen LogP contribution in [0.2, 0.25) is 0 Å². The topological polar surface area (TPSA) is 82.5 Å². The Kier molecular flexibility index (Phi) is 4.34. The molecule has 1 aliphatic rings. The molecule has 1 aliphatic heterocycles. The van der Waals surface area contributed by atoms with Gasteiger partial charge in [-0.3, -0.25) is 4.79 Å². The molecule has 0 saturated carbocycles. The molecule has 0 spiro atoms. The van der Waals surface area contributed by atoms with Gasteiger partial charge in [0, 0.05) is 12.6 Å². The second-order valence-corrected chi connectivity index (χ2v) is 5.12. The Morgan fingerprint density at radius 2 is 2.25 bits per heavy atom. The minimum atomic E-state index is -1.03. The van der Waals surface area contributed by atoms with Gasteiger partial charge in [-0.2, -0.15) is 0 Å². The third-order valence-electron chi connectivity index (χ3n) is 3.72. The largest absolute Gasteiger partial charge is 0.478 e. The number of rotatable bonds is 4. The molecule has 20 heavy (non-hydrogen) atoms. The van der Waals surface area contributed by atoms with E-state index in [0.29, 0.717) is 18.3 Å². The van der Waals surface area contributed by atoms with E-state index in [0.717, 1.165) is 19.4 Å². The van der Waals surface area contributed by atoms with Crippen LogP contribution in [0.25, 0.3) is 0 Å². The molecule has 1 atom stereocenters. The quantitative estimate of drug-likeness (QED) is 0.855. The van der Waals surface area contributed by atoms with Gasteiger partial charge in [-0.15, -0.1) is 0 Å². The number of amides is 1. The maximum atomic E-state index is 12.0. The average Bonchev–Trinajstić information content (AvgIpc) is 2.81. The van der Waals surface area contributed by atoms with Gasteiger partial charge in [0.15, 0.2) is 0 Å². The first-order valence-corrected chi connectivity index (χ1v) is 6.68. The van der Waals surface area contributed by atoms with Crippen molar-refractivity contribution in [2.75, 3.05) is 20.1 Å². The highest BCUT2D eigenvalue weighted by Crippen LogP contribution is 2.13. The van der Waals surface area contributed by atoms with Crippen LogP contribution in [0.15, 0.2) is 12.1 Å². The fourth-order valence-electron chi connectivity index (χ4n) is 2.45. The first-order chi connectivity index (χ1) is 9.49. The van der Waals surface area contributed by atoms with Gasteiger partial charge in [0.2, 0.25) is 0 Å². The zero-order valence-corrected chi connectivity index (χ0v) is 11.7. The third-order valence-corrected chi connectivity index (χ3v) is 3.72. The molecule has 6 nitrogen and oxygen atoms in total. The number of hydrogen-bond donors (Lipinski definition) is 2. The fourth-order valence-corrected chi connectivity index (χ4v) is 2.45. The summed E-state index contributed by atoms with van der Waals surface area (Å²) < 4.78 is 0. The maximum Gasteiger partial charge on any atom is 0.337 e. The molecule has 0 bridgehead atoms. The number of likely N-dealkylation sites (N-methyl/N-ethyl adjacent to an activating group) is 1. The molecule has 108 valence electrons. The smallest absolute Gasteiger partial charge is 0.337 e. The average molecular weight is 277 g/mol. The van der Waals surface area contributed by atoms with Crippen LogP contribution in [0.4, 0.5) is 0 Å². The predicted octanol–water partition coefficient (Wildman–Crippen LogP) is 0.912. The molecule has 6 heteroatoms. The second kappa shape index (κ2) is 6.00. The van der Waals surface area contributed by atoms with Crippen molar-refractivity contribution in [2.24, 2.45) is 0 Å². The van der Waals surface area contributed by atoms with E-state index in [2.05, 4.69) is 15.2 Å². The van der Waals surface area contributed by atoms with Crippen LogP contribution in [0.1, 0.15) is 39.4 Å². The van der Waals surface area contributed by atoms with E-state index in [4.69, 9.17) is 5.11 Å². The Morgan fingerprint density at radius 1 is 1.50 bits per heavy atom. The molecule has 1 aromatic heterocycles. The molecule has 1 amide bonds. The zero-order valence-electron chi connectivity index (χ0n) is 11.7. The fraction of sp³-hybridized carbons (Fsp3) is 0.500. The van der Waals surface area contributed by atoms with E-state index >= 15 is 0 Å². The molecule has 2 heterocycles. The van der Waals surface area contributed by atoms with Crippen LogP contribution in [-0.2, 0) is 0 Å². The van der Waals surface area contributed by atoms with Crippen molar-refractivity contribution in [1.29, 1.82) is 0 Å². The molecule has 1 unspecified atom stereocenters. The normalized spacial score (nSPS) is 19.0. The van der Waals surface area contributed by atoms with Gasteiger partial charge in [-0.05, 0) is 45.5 Å². The lowest BCUT2D eigenvalue weighted by Crippen LogP contribution is -2.38. The summed E-state index contributed by atoms with van der Waals surface area (Å²) >= 11 is 0. The van der Waals surface area contributed by atoms with E-state index in [1.165, 1.54) is 12.1 Å². The number of carbonyl (C=O) groups is 2. The lowest BCUT2D eigenvalue weighted by Gasteiger charge is -2.19. The van der Waals surface area contributed by atoms with E-state index in [1.807, 2.05) is 7.05 Å². The first kappa shape index (κ1) is 14.5. The lowest BCUT2D eigenvalue weighted by molar-refractivity contribution is 0.0694. The van der Waals surface area contributed by atoms with Gasteiger partial charge in [0.05, 0.1) is 11.3 Å². The van der Waals surface area contributed by atoms with Crippen molar-refractivity contribution in [3.8, 4) is 0 Å². The van der Waals surface area contributed by atoms with Crippen molar-refractivity contribution in [2.45, 2.75) is 25.8 Å². The molecule has 1 saturated heterocycles. The van der Waals surface area contributed by atoms with E-state index in [-0.39, 0.29) is 17.2 Å². The predicted molar refractivity (Wildman–Crippen MR) is 73.9 cm³/mol. The van der Waals surface area contributed by atoms with E-state index in [9.17, 15) is 9.59 Å². The molecule has 1 fully saturated rings. The molecular formula is C14H19N3O3. The molecule has 2 N–H and O–H groups in total. The number of pyridine rings is 1. The molecule has 0 aliphatic carbocycles. The molecule has 0 radical (unpaired) electrons. The summed E-state index contributed by atoms with van der Waals surface area (Å²) in [5.74, 6) is -1.29. The Balaban J connectivity index is 1.99. The number of aromatic carboxylic acids is 1. The summed E-state index contributed by atoms with van der Waals surface area (Å²) in [6, 6.07) is 3.24.